The molecule has 186 valence electrons. The molecule has 2 aromatic carbocycles. The van der Waals surface area contributed by atoms with E-state index in [4.69, 9.17) is 4.98 Å². The number of nitrogens with zero attached hydrogens (tertiary/aromatic N) is 5. The van der Waals surface area contributed by atoms with Crippen LogP contribution >= 0.6 is 0 Å². The van der Waals surface area contributed by atoms with Crippen molar-refractivity contribution in [1.82, 2.24) is 23.8 Å². The van der Waals surface area contributed by atoms with E-state index in [1.807, 2.05) is 64.2 Å². The molecular weight excluding hydrogens is 465 g/mol. The fourth-order valence-corrected chi connectivity index (χ4v) is 5.10. The molecule has 37 heavy (non-hydrogen) atoms. The lowest BCUT2D eigenvalue weighted by Crippen LogP contribution is -2.38. The maximum Gasteiger partial charge on any atom is 0.223 e. The van der Waals surface area contributed by atoms with Crippen molar-refractivity contribution in [3.63, 3.8) is 0 Å². The number of pyridine rings is 1. The van der Waals surface area contributed by atoms with Crippen molar-refractivity contribution in [1.29, 1.82) is 0 Å². The Kier molecular flexibility index (Phi) is 6.26. The SMILES string of the molecule is O=C(CCc1cn2ccccc2n1)N1CCn2c(-c3ccccc3F)nc(CCc3ccccc3)c2C1. The maximum absolute atomic E-state index is 14.7. The molecule has 0 bridgehead atoms. The monoisotopic (exact) mass is 493 g/mol. The zero-order valence-electron chi connectivity index (χ0n) is 20.6. The van der Waals surface area contributed by atoms with Crippen LogP contribution in [0.3, 0.4) is 0 Å². The number of halogens is 1. The lowest BCUT2D eigenvalue weighted by Gasteiger charge is -2.29. The van der Waals surface area contributed by atoms with E-state index in [1.54, 1.807) is 12.1 Å². The van der Waals surface area contributed by atoms with Crippen LogP contribution in [-0.2, 0) is 37.1 Å². The molecule has 0 aliphatic carbocycles. The zero-order valence-corrected chi connectivity index (χ0v) is 20.6. The Morgan fingerprint density at radius 2 is 1.68 bits per heavy atom. The predicted molar refractivity (Wildman–Crippen MR) is 140 cm³/mol. The summed E-state index contributed by atoms with van der Waals surface area (Å²) in [6, 6.07) is 22.9. The summed E-state index contributed by atoms with van der Waals surface area (Å²) in [5.74, 6) is 0.467. The number of rotatable bonds is 7. The number of hydrogen-bond acceptors (Lipinski definition) is 3. The van der Waals surface area contributed by atoms with E-state index in [1.165, 1.54) is 11.6 Å². The summed E-state index contributed by atoms with van der Waals surface area (Å²) in [4.78, 5) is 24.7. The van der Waals surface area contributed by atoms with Crippen LogP contribution in [-0.4, -0.2) is 36.3 Å². The number of hydrogen-bond donors (Lipinski definition) is 0. The number of carbonyl (C=O) groups is 1. The third kappa shape index (κ3) is 4.77. The van der Waals surface area contributed by atoms with Crippen LogP contribution in [0, 0.1) is 5.82 Å². The van der Waals surface area contributed by atoms with E-state index in [0.29, 0.717) is 43.9 Å². The highest BCUT2D eigenvalue weighted by Crippen LogP contribution is 2.29. The van der Waals surface area contributed by atoms with E-state index in [9.17, 15) is 9.18 Å². The van der Waals surface area contributed by atoms with Gasteiger partial charge in [-0.1, -0.05) is 48.5 Å². The van der Waals surface area contributed by atoms with Gasteiger partial charge < -0.3 is 13.9 Å². The first-order valence-electron chi connectivity index (χ1n) is 12.7. The molecule has 0 spiro atoms. The summed E-state index contributed by atoms with van der Waals surface area (Å²) in [7, 11) is 0. The second-order valence-corrected chi connectivity index (χ2v) is 9.46. The van der Waals surface area contributed by atoms with Crippen LogP contribution in [0.25, 0.3) is 17.0 Å². The standard InChI is InChI=1S/C30H28FN5O/c31-25-11-5-4-10-24(25)30-33-26(15-13-22-8-2-1-3-9-22)27-21-35(18-19-36(27)30)29(37)16-14-23-20-34-17-7-6-12-28(34)32-23/h1-12,17,20H,13-16,18-19,21H2. The lowest BCUT2D eigenvalue weighted by atomic mass is 10.1. The molecule has 0 radical (unpaired) electrons. The van der Waals surface area contributed by atoms with Crippen molar-refractivity contribution in [3.05, 3.63) is 114 Å². The summed E-state index contributed by atoms with van der Waals surface area (Å²) in [5.41, 5.74) is 5.46. The fraction of sp³-hybridized carbons (Fsp3) is 0.233. The minimum atomic E-state index is -0.282. The van der Waals surface area contributed by atoms with Crippen LogP contribution < -0.4 is 0 Å². The molecule has 0 atom stereocenters. The minimum absolute atomic E-state index is 0.103. The molecule has 1 aliphatic rings. The van der Waals surface area contributed by atoms with Gasteiger partial charge >= 0.3 is 0 Å². The van der Waals surface area contributed by atoms with Crippen molar-refractivity contribution >= 4 is 11.6 Å². The Hall–Kier alpha value is -4.26. The molecule has 1 amide bonds. The number of benzene rings is 2. The smallest absolute Gasteiger partial charge is 0.223 e. The molecule has 1 aliphatic heterocycles. The summed E-state index contributed by atoms with van der Waals surface area (Å²) < 4.78 is 18.8. The van der Waals surface area contributed by atoms with Gasteiger partial charge in [-0.3, -0.25) is 4.79 Å². The van der Waals surface area contributed by atoms with Crippen molar-refractivity contribution in [2.24, 2.45) is 0 Å². The molecule has 6 rings (SSSR count). The Labute approximate surface area is 215 Å². The van der Waals surface area contributed by atoms with E-state index in [0.717, 1.165) is 35.6 Å². The van der Waals surface area contributed by atoms with Gasteiger partial charge in [-0.25, -0.2) is 14.4 Å². The summed E-state index contributed by atoms with van der Waals surface area (Å²) in [6.07, 6.45) is 6.51. The number of fused-ring (bicyclic) bond motifs is 2. The van der Waals surface area contributed by atoms with Gasteiger partial charge in [-0.15, -0.1) is 0 Å². The van der Waals surface area contributed by atoms with E-state index in [2.05, 4.69) is 21.7 Å². The molecule has 4 heterocycles. The lowest BCUT2D eigenvalue weighted by molar-refractivity contribution is -0.132. The second kappa shape index (κ2) is 10.0. The average Bonchev–Trinajstić information content (AvgIpc) is 3.52. The molecule has 0 saturated carbocycles. The Balaban J connectivity index is 1.23. The van der Waals surface area contributed by atoms with E-state index >= 15 is 0 Å². The van der Waals surface area contributed by atoms with Crippen molar-refractivity contribution in [3.8, 4) is 11.4 Å². The Morgan fingerprint density at radius 1 is 0.865 bits per heavy atom. The van der Waals surface area contributed by atoms with Crippen LogP contribution in [0.2, 0.25) is 0 Å². The predicted octanol–water partition coefficient (Wildman–Crippen LogP) is 5.10. The molecule has 0 N–H and O–H groups in total. The third-order valence-corrected chi connectivity index (χ3v) is 7.06. The van der Waals surface area contributed by atoms with E-state index in [-0.39, 0.29) is 11.7 Å². The van der Waals surface area contributed by atoms with Crippen LogP contribution in [0.1, 0.15) is 29.1 Å². The van der Waals surface area contributed by atoms with Crippen molar-refractivity contribution in [2.45, 2.75) is 38.8 Å². The Morgan fingerprint density at radius 3 is 2.51 bits per heavy atom. The first-order valence-corrected chi connectivity index (χ1v) is 12.7. The summed E-state index contributed by atoms with van der Waals surface area (Å²) in [5, 5.41) is 0. The van der Waals surface area contributed by atoms with Crippen LogP contribution in [0.5, 0.6) is 0 Å². The molecule has 0 saturated heterocycles. The fourth-order valence-electron chi connectivity index (χ4n) is 5.10. The minimum Gasteiger partial charge on any atom is -0.335 e. The first kappa shape index (κ1) is 23.2. The summed E-state index contributed by atoms with van der Waals surface area (Å²) >= 11 is 0. The quantitative estimate of drug-likeness (QED) is 0.317. The number of carbonyl (C=O) groups excluding carboxylic acids is 1. The van der Waals surface area contributed by atoms with Gasteiger partial charge in [0.25, 0.3) is 0 Å². The number of aromatic nitrogens is 4. The van der Waals surface area contributed by atoms with E-state index < -0.39 is 0 Å². The van der Waals surface area contributed by atoms with Crippen LogP contribution in [0.4, 0.5) is 4.39 Å². The highest BCUT2D eigenvalue weighted by molar-refractivity contribution is 5.76. The van der Waals surface area contributed by atoms with Gasteiger partial charge in [0, 0.05) is 31.9 Å². The first-order chi connectivity index (χ1) is 18.2. The molecule has 3 aromatic heterocycles. The molecule has 0 unspecified atom stereocenters. The van der Waals surface area contributed by atoms with Gasteiger partial charge in [0.1, 0.15) is 17.3 Å². The van der Waals surface area contributed by atoms with Gasteiger partial charge in [0.2, 0.25) is 5.91 Å². The van der Waals surface area contributed by atoms with Gasteiger partial charge in [-0.2, -0.15) is 0 Å². The van der Waals surface area contributed by atoms with Gasteiger partial charge in [-0.05, 0) is 49.1 Å². The third-order valence-electron chi connectivity index (χ3n) is 7.06. The average molecular weight is 494 g/mol. The van der Waals surface area contributed by atoms with Gasteiger partial charge in [0.15, 0.2) is 0 Å². The maximum atomic E-state index is 14.7. The zero-order chi connectivity index (χ0) is 25.2. The molecule has 5 aromatic rings. The number of aryl methyl sites for hydroxylation is 3. The number of imidazole rings is 2. The van der Waals surface area contributed by atoms with Crippen molar-refractivity contribution in [2.75, 3.05) is 6.54 Å². The molecule has 6 nitrogen and oxygen atoms in total. The molecule has 7 heteroatoms. The topological polar surface area (TPSA) is 55.4 Å². The largest absolute Gasteiger partial charge is 0.335 e. The summed E-state index contributed by atoms with van der Waals surface area (Å²) in [6.45, 7) is 1.65. The van der Waals surface area contributed by atoms with Crippen molar-refractivity contribution < 1.29 is 9.18 Å². The molecule has 0 fully saturated rings. The Bertz CT molecular complexity index is 1520. The van der Waals surface area contributed by atoms with Gasteiger partial charge in [0.05, 0.1) is 29.2 Å². The normalized spacial score (nSPS) is 13.2. The highest BCUT2D eigenvalue weighted by atomic mass is 19.1. The molecular formula is C30H28FN5O. The second-order valence-electron chi connectivity index (χ2n) is 9.46. The van der Waals surface area contributed by atoms with Crippen LogP contribution in [0.15, 0.2) is 85.2 Å². The highest BCUT2D eigenvalue weighted by Gasteiger charge is 2.28. The number of amides is 1.